The van der Waals surface area contributed by atoms with Gasteiger partial charge in [-0.15, -0.1) is 10.2 Å². The number of fused-ring (bicyclic) bond motifs is 1. The molecule has 5 aromatic rings. The van der Waals surface area contributed by atoms with E-state index < -0.39 is 0 Å². The van der Waals surface area contributed by atoms with Crippen molar-refractivity contribution in [2.75, 3.05) is 5.32 Å². The number of anilines is 1. The van der Waals surface area contributed by atoms with Crippen molar-refractivity contribution in [2.24, 2.45) is 0 Å². The topological polar surface area (TPSA) is 42.7 Å². The molecule has 1 aromatic heterocycles. The molecular weight excluding hydrogens is 480 g/mol. The largest absolute Gasteiger partial charge is 0.377 e. The molecule has 4 aromatic carbocycles. The van der Waals surface area contributed by atoms with Crippen LogP contribution in [-0.2, 0) is 12.3 Å². The summed E-state index contributed by atoms with van der Waals surface area (Å²) in [5.74, 6) is 1.70. The fraction of sp³-hybridized carbons (Fsp3) is 0.0769. The molecule has 158 valence electrons. The molecule has 0 aliphatic heterocycles. The Bertz CT molecular complexity index is 1350. The quantitative estimate of drug-likeness (QED) is 0.242. The van der Waals surface area contributed by atoms with Crippen LogP contribution >= 0.6 is 27.7 Å². The van der Waals surface area contributed by atoms with Crippen LogP contribution in [0.25, 0.3) is 16.5 Å². The first-order valence-corrected chi connectivity index (χ1v) is 12.1. The van der Waals surface area contributed by atoms with E-state index in [0.717, 1.165) is 32.6 Å². The van der Waals surface area contributed by atoms with E-state index in [2.05, 4.69) is 109 Å². The number of thioether (sulfide) groups is 1. The van der Waals surface area contributed by atoms with Gasteiger partial charge in [0.1, 0.15) is 0 Å². The van der Waals surface area contributed by atoms with E-state index in [0.29, 0.717) is 6.54 Å². The monoisotopic (exact) mass is 500 g/mol. The highest BCUT2D eigenvalue weighted by Crippen LogP contribution is 2.28. The zero-order valence-corrected chi connectivity index (χ0v) is 19.7. The van der Waals surface area contributed by atoms with Crippen molar-refractivity contribution in [1.29, 1.82) is 0 Å². The predicted molar refractivity (Wildman–Crippen MR) is 136 cm³/mol. The Kier molecular flexibility index (Phi) is 6.23. The predicted octanol–water partition coefficient (Wildman–Crippen LogP) is 7.09. The summed E-state index contributed by atoms with van der Waals surface area (Å²) in [5, 5.41) is 15.9. The number of para-hydroxylation sites is 1. The molecule has 6 heteroatoms. The van der Waals surface area contributed by atoms with Crippen LogP contribution in [0.3, 0.4) is 0 Å². The lowest BCUT2D eigenvalue weighted by Gasteiger charge is -2.13. The van der Waals surface area contributed by atoms with Crippen molar-refractivity contribution in [3.63, 3.8) is 0 Å². The van der Waals surface area contributed by atoms with Gasteiger partial charge in [0.2, 0.25) is 0 Å². The minimum absolute atomic E-state index is 0.577. The van der Waals surface area contributed by atoms with E-state index in [9.17, 15) is 0 Å². The molecule has 5 rings (SSSR count). The number of halogens is 1. The minimum atomic E-state index is 0.577. The maximum Gasteiger partial charge on any atom is 0.196 e. The van der Waals surface area contributed by atoms with Gasteiger partial charge < -0.3 is 5.32 Å². The maximum absolute atomic E-state index is 4.54. The van der Waals surface area contributed by atoms with Gasteiger partial charge in [-0.05, 0) is 41.3 Å². The van der Waals surface area contributed by atoms with Gasteiger partial charge in [0.15, 0.2) is 11.0 Å². The van der Waals surface area contributed by atoms with E-state index >= 15 is 0 Å². The first-order valence-electron chi connectivity index (χ1n) is 10.4. The summed E-state index contributed by atoms with van der Waals surface area (Å²) in [6.45, 7) is 0.577. The lowest BCUT2D eigenvalue weighted by Crippen LogP contribution is -2.08. The second-order valence-electron chi connectivity index (χ2n) is 7.37. The summed E-state index contributed by atoms with van der Waals surface area (Å²) in [7, 11) is 0. The minimum Gasteiger partial charge on any atom is -0.377 e. The third kappa shape index (κ3) is 4.56. The summed E-state index contributed by atoms with van der Waals surface area (Å²) in [6, 6.07) is 33.4. The van der Waals surface area contributed by atoms with E-state index in [1.54, 1.807) is 11.8 Å². The van der Waals surface area contributed by atoms with Crippen molar-refractivity contribution in [1.82, 2.24) is 14.8 Å². The molecule has 0 unspecified atom stereocenters. The third-order valence-corrected chi connectivity index (χ3v) is 6.69. The van der Waals surface area contributed by atoms with Gasteiger partial charge in [-0.2, -0.15) is 0 Å². The van der Waals surface area contributed by atoms with Crippen molar-refractivity contribution in [2.45, 2.75) is 17.5 Å². The van der Waals surface area contributed by atoms with Gasteiger partial charge in [-0.25, -0.2) is 0 Å². The summed E-state index contributed by atoms with van der Waals surface area (Å²) in [6.07, 6.45) is 0. The second-order valence-corrected chi connectivity index (χ2v) is 9.23. The summed E-state index contributed by atoms with van der Waals surface area (Å²) in [4.78, 5) is 0. The molecule has 32 heavy (non-hydrogen) atoms. The van der Waals surface area contributed by atoms with Crippen molar-refractivity contribution in [3.8, 4) is 5.69 Å². The lowest BCUT2D eigenvalue weighted by molar-refractivity contribution is 0.841. The number of benzene rings is 4. The van der Waals surface area contributed by atoms with Crippen LogP contribution in [0, 0.1) is 0 Å². The van der Waals surface area contributed by atoms with E-state index in [1.807, 2.05) is 24.3 Å². The SMILES string of the molecule is Brc1cccc(CSc2nnc(CNc3cccc4ccccc34)n2-c2ccccc2)c1. The molecule has 1 N–H and O–H groups in total. The molecule has 0 saturated heterocycles. The van der Waals surface area contributed by atoms with Crippen molar-refractivity contribution in [3.05, 3.63) is 113 Å². The Morgan fingerprint density at radius 2 is 1.59 bits per heavy atom. The summed E-state index contributed by atoms with van der Waals surface area (Å²) in [5.41, 5.74) is 3.39. The van der Waals surface area contributed by atoms with Gasteiger partial charge in [0.05, 0.1) is 6.54 Å². The second kappa shape index (κ2) is 9.59. The Labute approximate surface area is 199 Å². The summed E-state index contributed by atoms with van der Waals surface area (Å²) >= 11 is 5.24. The Morgan fingerprint density at radius 3 is 2.47 bits per heavy atom. The van der Waals surface area contributed by atoms with Crippen LogP contribution in [-0.4, -0.2) is 14.8 Å². The third-order valence-electron chi connectivity index (χ3n) is 5.20. The van der Waals surface area contributed by atoms with Crippen LogP contribution in [0.2, 0.25) is 0 Å². The number of nitrogens with one attached hydrogen (secondary N) is 1. The number of hydrogen-bond acceptors (Lipinski definition) is 4. The lowest BCUT2D eigenvalue weighted by atomic mass is 10.1. The molecule has 0 saturated carbocycles. The summed E-state index contributed by atoms with van der Waals surface area (Å²) < 4.78 is 3.22. The number of hydrogen-bond donors (Lipinski definition) is 1. The average molecular weight is 501 g/mol. The fourth-order valence-corrected chi connectivity index (χ4v) is 5.03. The highest BCUT2D eigenvalue weighted by molar-refractivity contribution is 9.10. The number of rotatable bonds is 7. The molecular formula is C26H21BrN4S. The molecule has 0 atom stereocenters. The van der Waals surface area contributed by atoms with Gasteiger partial charge in [-0.3, -0.25) is 4.57 Å². The molecule has 0 radical (unpaired) electrons. The van der Waals surface area contributed by atoms with Crippen LogP contribution < -0.4 is 5.32 Å². The van der Waals surface area contributed by atoms with E-state index in [4.69, 9.17) is 0 Å². The number of nitrogens with zero attached hydrogens (tertiary/aromatic N) is 3. The van der Waals surface area contributed by atoms with Gasteiger partial charge >= 0.3 is 0 Å². The van der Waals surface area contributed by atoms with Crippen LogP contribution in [0.15, 0.2) is 107 Å². The molecule has 4 nitrogen and oxygen atoms in total. The molecule has 0 amide bonds. The first kappa shape index (κ1) is 20.8. The molecule has 0 aliphatic carbocycles. The molecule has 0 fully saturated rings. The van der Waals surface area contributed by atoms with Gasteiger partial charge in [-0.1, -0.05) is 94.4 Å². The van der Waals surface area contributed by atoms with E-state index in [1.165, 1.54) is 16.3 Å². The Balaban J connectivity index is 1.43. The maximum atomic E-state index is 4.54. The van der Waals surface area contributed by atoms with Crippen LogP contribution in [0.5, 0.6) is 0 Å². The van der Waals surface area contributed by atoms with Gasteiger partial charge in [0, 0.05) is 27.0 Å². The van der Waals surface area contributed by atoms with E-state index in [-0.39, 0.29) is 0 Å². The number of aromatic nitrogens is 3. The van der Waals surface area contributed by atoms with Crippen molar-refractivity contribution >= 4 is 44.2 Å². The van der Waals surface area contributed by atoms with Crippen LogP contribution in [0.4, 0.5) is 5.69 Å². The standard InChI is InChI=1S/C26H21BrN4S/c27-21-11-6-8-19(16-21)18-32-26-30-29-25(31(26)22-12-2-1-3-13-22)17-28-24-15-7-10-20-9-4-5-14-23(20)24/h1-16,28H,17-18H2. The first-order chi connectivity index (χ1) is 15.8. The Morgan fingerprint density at radius 1 is 0.812 bits per heavy atom. The van der Waals surface area contributed by atoms with Crippen molar-refractivity contribution < 1.29 is 0 Å². The normalized spacial score (nSPS) is 11.0. The Hall–Kier alpha value is -3.09. The molecule has 0 spiro atoms. The fourth-order valence-electron chi connectivity index (χ4n) is 3.67. The molecule has 0 aliphatic rings. The zero-order chi connectivity index (χ0) is 21.8. The van der Waals surface area contributed by atoms with Crippen LogP contribution in [0.1, 0.15) is 11.4 Å². The van der Waals surface area contributed by atoms with Gasteiger partial charge in [0.25, 0.3) is 0 Å². The molecule has 1 heterocycles. The highest BCUT2D eigenvalue weighted by atomic mass is 79.9. The molecule has 0 bridgehead atoms. The highest BCUT2D eigenvalue weighted by Gasteiger charge is 2.15. The average Bonchev–Trinajstić information content (AvgIpc) is 3.25. The zero-order valence-electron chi connectivity index (χ0n) is 17.3. The smallest absolute Gasteiger partial charge is 0.196 e.